The van der Waals surface area contributed by atoms with Gasteiger partial charge in [0, 0.05) is 22.5 Å². The number of hydrogen-bond donors (Lipinski definition) is 1. The van der Waals surface area contributed by atoms with E-state index in [1.54, 1.807) is 37.3 Å². The van der Waals surface area contributed by atoms with Crippen LogP contribution in [0.5, 0.6) is 0 Å². The summed E-state index contributed by atoms with van der Waals surface area (Å²) in [4.78, 5) is 16.6. The highest BCUT2D eigenvalue weighted by Crippen LogP contribution is 2.37. The van der Waals surface area contributed by atoms with Crippen LogP contribution < -0.4 is 5.32 Å². The second-order valence-electron chi connectivity index (χ2n) is 6.91. The van der Waals surface area contributed by atoms with Gasteiger partial charge in [-0.1, -0.05) is 28.1 Å². The molecule has 2 aromatic carbocycles. The quantitative estimate of drug-likeness (QED) is 0.632. The minimum atomic E-state index is -4.61. The Labute approximate surface area is 174 Å². The first-order valence-corrected chi connectivity index (χ1v) is 9.67. The van der Waals surface area contributed by atoms with Crippen molar-refractivity contribution in [2.45, 2.75) is 32.0 Å². The Morgan fingerprint density at radius 3 is 2.69 bits per heavy atom. The van der Waals surface area contributed by atoms with Crippen molar-refractivity contribution in [2.24, 2.45) is 10.9 Å². The monoisotopic (exact) mass is 463 g/mol. The van der Waals surface area contributed by atoms with Crippen molar-refractivity contribution in [3.8, 4) is 6.07 Å². The number of anilines is 1. The third-order valence-corrected chi connectivity index (χ3v) is 5.30. The maximum atomic E-state index is 13.4. The van der Waals surface area contributed by atoms with E-state index in [4.69, 9.17) is 5.26 Å². The standard InChI is InChI=1S/C21H17BrF3N3O/c1-12-7-16(22)5-6-17(12)28-20(29)15-9-18(27-19(10-15)21(23,24)25)14-4-2-3-13(8-14)11-26/h2-8,15,18H,9-10H2,1H3,(H,28,29). The lowest BCUT2D eigenvalue weighted by Crippen LogP contribution is -2.35. The number of halogens is 4. The zero-order valence-corrected chi connectivity index (χ0v) is 17.0. The van der Waals surface area contributed by atoms with Gasteiger partial charge in [-0.25, -0.2) is 0 Å². The summed E-state index contributed by atoms with van der Waals surface area (Å²) in [6.45, 7) is 1.81. The third-order valence-electron chi connectivity index (χ3n) is 4.80. The summed E-state index contributed by atoms with van der Waals surface area (Å²) in [5.41, 5.74) is 1.22. The normalized spacial score (nSPS) is 19.2. The molecule has 0 bridgehead atoms. The summed E-state index contributed by atoms with van der Waals surface area (Å²) in [7, 11) is 0. The van der Waals surface area contributed by atoms with Gasteiger partial charge < -0.3 is 5.32 Å². The van der Waals surface area contributed by atoms with Crippen LogP contribution in [-0.4, -0.2) is 17.8 Å². The van der Waals surface area contributed by atoms with Crippen LogP contribution in [0.2, 0.25) is 0 Å². The number of nitrogens with one attached hydrogen (secondary N) is 1. The molecule has 29 heavy (non-hydrogen) atoms. The second-order valence-corrected chi connectivity index (χ2v) is 7.83. The number of alkyl halides is 3. The second kappa shape index (κ2) is 8.37. The lowest BCUT2D eigenvalue weighted by atomic mass is 9.86. The molecule has 1 heterocycles. The number of hydrogen-bond acceptors (Lipinski definition) is 3. The molecular formula is C21H17BrF3N3O. The van der Waals surface area contributed by atoms with E-state index in [0.29, 0.717) is 16.8 Å². The van der Waals surface area contributed by atoms with E-state index in [-0.39, 0.29) is 6.42 Å². The first-order chi connectivity index (χ1) is 13.7. The van der Waals surface area contributed by atoms with Gasteiger partial charge in [0.1, 0.15) is 5.71 Å². The molecule has 8 heteroatoms. The van der Waals surface area contributed by atoms with Gasteiger partial charge in [0.2, 0.25) is 5.91 Å². The average Bonchev–Trinajstić information content (AvgIpc) is 2.69. The molecule has 0 radical (unpaired) electrons. The van der Waals surface area contributed by atoms with Crippen LogP contribution >= 0.6 is 15.9 Å². The molecule has 2 aromatic rings. The molecule has 0 saturated heterocycles. The summed E-state index contributed by atoms with van der Waals surface area (Å²) in [5, 5.41) is 11.8. The van der Waals surface area contributed by atoms with Crippen molar-refractivity contribution >= 4 is 33.2 Å². The highest BCUT2D eigenvalue weighted by Gasteiger charge is 2.42. The van der Waals surface area contributed by atoms with Gasteiger partial charge in [0.25, 0.3) is 0 Å². The van der Waals surface area contributed by atoms with Crippen molar-refractivity contribution in [1.29, 1.82) is 5.26 Å². The summed E-state index contributed by atoms with van der Waals surface area (Å²) < 4.78 is 41.1. The topological polar surface area (TPSA) is 65.2 Å². The van der Waals surface area contributed by atoms with Crippen LogP contribution in [0.15, 0.2) is 51.9 Å². The van der Waals surface area contributed by atoms with E-state index >= 15 is 0 Å². The summed E-state index contributed by atoms with van der Waals surface area (Å²) in [6.07, 6.45) is -4.95. The Kier molecular flexibility index (Phi) is 6.08. The maximum Gasteiger partial charge on any atom is 0.429 e. The number of amides is 1. The van der Waals surface area contributed by atoms with Crippen molar-refractivity contribution in [3.05, 3.63) is 63.6 Å². The van der Waals surface area contributed by atoms with E-state index in [2.05, 4.69) is 26.2 Å². The molecule has 1 amide bonds. The van der Waals surface area contributed by atoms with Gasteiger partial charge in [-0.15, -0.1) is 0 Å². The molecule has 1 aliphatic rings. The lowest BCUT2D eigenvalue weighted by molar-refractivity contribution is -0.120. The molecule has 1 aliphatic heterocycles. The number of carbonyl (C=O) groups excluding carboxylic acids is 1. The van der Waals surface area contributed by atoms with Crippen LogP contribution in [0.3, 0.4) is 0 Å². The van der Waals surface area contributed by atoms with Gasteiger partial charge in [-0.2, -0.15) is 18.4 Å². The van der Waals surface area contributed by atoms with Crippen LogP contribution in [0.1, 0.15) is 35.6 Å². The molecule has 0 spiro atoms. The van der Waals surface area contributed by atoms with Gasteiger partial charge >= 0.3 is 6.18 Å². The van der Waals surface area contributed by atoms with Gasteiger partial charge in [-0.3, -0.25) is 9.79 Å². The fourth-order valence-corrected chi connectivity index (χ4v) is 3.77. The van der Waals surface area contributed by atoms with Crippen molar-refractivity contribution < 1.29 is 18.0 Å². The number of rotatable bonds is 3. The van der Waals surface area contributed by atoms with Crippen molar-refractivity contribution in [2.75, 3.05) is 5.32 Å². The Morgan fingerprint density at radius 2 is 2.03 bits per heavy atom. The maximum absolute atomic E-state index is 13.4. The Hall–Kier alpha value is -2.66. The van der Waals surface area contributed by atoms with Crippen LogP contribution in [-0.2, 0) is 4.79 Å². The predicted molar refractivity (Wildman–Crippen MR) is 108 cm³/mol. The molecular weight excluding hydrogens is 447 g/mol. The highest BCUT2D eigenvalue weighted by molar-refractivity contribution is 9.10. The molecule has 2 unspecified atom stereocenters. The Balaban J connectivity index is 1.88. The van der Waals surface area contributed by atoms with E-state index in [9.17, 15) is 18.0 Å². The number of nitrogens with zero attached hydrogens (tertiary/aromatic N) is 2. The Morgan fingerprint density at radius 1 is 1.28 bits per heavy atom. The first kappa shape index (κ1) is 21.1. The summed E-state index contributed by atoms with van der Waals surface area (Å²) in [6, 6.07) is 12.7. The average molecular weight is 464 g/mol. The van der Waals surface area contributed by atoms with E-state index in [1.807, 2.05) is 12.1 Å². The minimum absolute atomic E-state index is 0.135. The smallest absolute Gasteiger partial charge is 0.326 e. The predicted octanol–water partition coefficient (Wildman–Crippen LogP) is 5.72. The minimum Gasteiger partial charge on any atom is -0.326 e. The van der Waals surface area contributed by atoms with E-state index in [0.717, 1.165) is 10.0 Å². The van der Waals surface area contributed by atoms with Crippen LogP contribution in [0.4, 0.5) is 18.9 Å². The SMILES string of the molecule is Cc1cc(Br)ccc1NC(=O)C1CC(C(F)(F)F)=NC(c2cccc(C#N)c2)C1. The van der Waals surface area contributed by atoms with E-state index in [1.165, 1.54) is 6.07 Å². The number of aryl methyl sites for hydroxylation is 1. The summed E-state index contributed by atoms with van der Waals surface area (Å²) >= 11 is 3.34. The van der Waals surface area contributed by atoms with Crippen LogP contribution in [0.25, 0.3) is 0 Å². The molecule has 0 saturated carbocycles. The first-order valence-electron chi connectivity index (χ1n) is 8.88. The molecule has 150 valence electrons. The molecule has 3 rings (SSSR count). The number of aliphatic imine (C=N–C) groups is 1. The zero-order chi connectivity index (χ0) is 21.2. The molecule has 1 N–H and O–H groups in total. The van der Waals surface area contributed by atoms with Crippen molar-refractivity contribution in [1.82, 2.24) is 0 Å². The number of carbonyl (C=O) groups is 1. The summed E-state index contributed by atoms with van der Waals surface area (Å²) in [5.74, 6) is -1.36. The van der Waals surface area contributed by atoms with Gasteiger partial charge in [-0.05, 0) is 54.8 Å². The largest absolute Gasteiger partial charge is 0.429 e. The number of benzene rings is 2. The molecule has 2 atom stereocenters. The fourth-order valence-electron chi connectivity index (χ4n) is 3.30. The third kappa shape index (κ3) is 5.04. The fraction of sp³-hybridized carbons (Fsp3) is 0.286. The molecule has 0 aliphatic carbocycles. The molecule has 4 nitrogen and oxygen atoms in total. The van der Waals surface area contributed by atoms with E-state index < -0.39 is 36.2 Å². The van der Waals surface area contributed by atoms with Crippen LogP contribution in [0, 0.1) is 24.2 Å². The highest BCUT2D eigenvalue weighted by atomic mass is 79.9. The van der Waals surface area contributed by atoms with Gasteiger partial charge in [0.15, 0.2) is 0 Å². The Bertz CT molecular complexity index is 1010. The van der Waals surface area contributed by atoms with Crippen molar-refractivity contribution in [3.63, 3.8) is 0 Å². The van der Waals surface area contributed by atoms with Gasteiger partial charge in [0.05, 0.1) is 17.7 Å². The molecule has 0 fully saturated rings. The number of nitriles is 1. The zero-order valence-electron chi connectivity index (χ0n) is 15.4. The lowest BCUT2D eigenvalue weighted by Gasteiger charge is -2.28. The molecule has 0 aromatic heterocycles.